The molecule has 2 rings (SSSR count). The Kier molecular flexibility index (Phi) is 5.96. The Bertz CT molecular complexity index is 625. The highest BCUT2D eigenvalue weighted by Crippen LogP contribution is 2.19. The summed E-state index contributed by atoms with van der Waals surface area (Å²) in [7, 11) is 0. The molecule has 0 N–H and O–H groups in total. The van der Waals surface area contributed by atoms with Crippen LogP contribution in [0.25, 0.3) is 11.1 Å². The molecule has 0 aliphatic rings. The molecule has 114 valence electrons. The summed E-state index contributed by atoms with van der Waals surface area (Å²) in [6.07, 6.45) is 3.71. The summed E-state index contributed by atoms with van der Waals surface area (Å²) < 4.78 is 4.96. The van der Waals surface area contributed by atoms with Crippen LogP contribution in [0.1, 0.15) is 25.8 Å². The van der Waals surface area contributed by atoms with E-state index in [9.17, 15) is 4.79 Å². The van der Waals surface area contributed by atoms with Gasteiger partial charge in [-0.15, -0.1) is 0 Å². The average molecular weight is 294 g/mol. The van der Waals surface area contributed by atoms with Gasteiger partial charge in [-0.1, -0.05) is 60.7 Å². The monoisotopic (exact) mass is 294 g/mol. The van der Waals surface area contributed by atoms with Gasteiger partial charge in [-0.05, 0) is 43.4 Å². The van der Waals surface area contributed by atoms with Gasteiger partial charge in [-0.25, -0.2) is 4.79 Å². The lowest BCUT2D eigenvalue weighted by Crippen LogP contribution is -2.05. The van der Waals surface area contributed by atoms with Gasteiger partial charge in [-0.2, -0.15) is 0 Å². The van der Waals surface area contributed by atoms with Crippen molar-refractivity contribution in [1.82, 2.24) is 0 Å². The highest BCUT2D eigenvalue weighted by Gasteiger charge is 2.03. The van der Waals surface area contributed by atoms with E-state index in [0.29, 0.717) is 12.2 Å². The van der Waals surface area contributed by atoms with Crippen molar-refractivity contribution in [1.29, 1.82) is 0 Å². The quantitative estimate of drug-likeness (QED) is 0.565. The van der Waals surface area contributed by atoms with Crippen LogP contribution in [-0.4, -0.2) is 12.6 Å². The first-order valence-corrected chi connectivity index (χ1v) is 7.69. The maximum atomic E-state index is 11.5. The van der Waals surface area contributed by atoms with Crippen LogP contribution in [0.4, 0.5) is 0 Å². The van der Waals surface area contributed by atoms with Crippen LogP contribution in [0.5, 0.6) is 0 Å². The summed E-state index contributed by atoms with van der Waals surface area (Å²) in [5, 5.41) is 0. The van der Waals surface area contributed by atoms with Crippen molar-refractivity contribution < 1.29 is 9.53 Å². The van der Waals surface area contributed by atoms with E-state index in [1.807, 2.05) is 31.2 Å². The van der Waals surface area contributed by atoms with Crippen LogP contribution in [0, 0.1) is 0 Å². The van der Waals surface area contributed by atoms with Crippen molar-refractivity contribution in [3.05, 3.63) is 71.8 Å². The first kappa shape index (κ1) is 16.0. The Morgan fingerprint density at radius 2 is 1.64 bits per heavy atom. The van der Waals surface area contributed by atoms with Gasteiger partial charge < -0.3 is 4.74 Å². The molecule has 0 unspecified atom stereocenters. The van der Waals surface area contributed by atoms with Crippen LogP contribution >= 0.6 is 0 Å². The van der Waals surface area contributed by atoms with E-state index >= 15 is 0 Å². The smallest absolute Gasteiger partial charge is 0.333 e. The van der Waals surface area contributed by atoms with Crippen molar-refractivity contribution >= 4 is 5.97 Å². The van der Waals surface area contributed by atoms with E-state index in [4.69, 9.17) is 4.74 Å². The van der Waals surface area contributed by atoms with Gasteiger partial charge in [0.25, 0.3) is 0 Å². The van der Waals surface area contributed by atoms with Crippen molar-refractivity contribution in [2.45, 2.75) is 26.7 Å². The molecule has 2 heteroatoms. The third-order valence-corrected chi connectivity index (χ3v) is 3.54. The number of rotatable bonds is 6. The van der Waals surface area contributed by atoms with Gasteiger partial charge in [0.2, 0.25) is 0 Å². The summed E-state index contributed by atoms with van der Waals surface area (Å²) in [5.74, 6) is -0.220. The molecule has 0 saturated heterocycles. The zero-order valence-corrected chi connectivity index (χ0v) is 13.2. The number of benzene rings is 2. The largest absolute Gasteiger partial charge is 0.463 e. The number of carbonyl (C=O) groups is 1. The van der Waals surface area contributed by atoms with Gasteiger partial charge in [-0.3, -0.25) is 0 Å². The van der Waals surface area contributed by atoms with E-state index in [1.54, 1.807) is 6.92 Å². The topological polar surface area (TPSA) is 26.3 Å². The summed E-state index contributed by atoms with van der Waals surface area (Å²) >= 11 is 0. The number of carbonyl (C=O) groups excluding carboxylic acids is 1. The molecular weight excluding hydrogens is 272 g/mol. The standard InChI is InChI=1S/C20H22O2/c1-3-22-20(21)16(2)8-7-9-17-12-14-19(15-13-17)18-10-5-4-6-11-18/h4-6,8,10-15H,3,7,9H2,1-2H3/b16-8+. The molecule has 0 spiro atoms. The van der Waals surface area contributed by atoms with Gasteiger partial charge in [0.05, 0.1) is 6.61 Å². The average Bonchev–Trinajstić information content (AvgIpc) is 2.56. The van der Waals surface area contributed by atoms with Crippen LogP contribution in [0.15, 0.2) is 66.2 Å². The molecule has 0 saturated carbocycles. The molecule has 2 aromatic rings. The number of hydrogen-bond acceptors (Lipinski definition) is 2. The van der Waals surface area contributed by atoms with Gasteiger partial charge in [0.1, 0.15) is 0 Å². The SMILES string of the molecule is CCOC(=O)/C(C)=C/CCc1ccc(-c2ccccc2)cc1. The summed E-state index contributed by atoms with van der Waals surface area (Å²) in [6.45, 7) is 4.04. The van der Waals surface area contributed by atoms with Crippen LogP contribution < -0.4 is 0 Å². The predicted octanol–water partition coefficient (Wildman–Crippen LogP) is 4.80. The molecule has 0 bridgehead atoms. The zero-order valence-electron chi connectivity index (χ0n) is 13.2. The second-order valence-corrected chi connectivity index (χ2v) is 5.21. The molecule has 0 aliphatic carbocycles. The normalized spacial score (nSPS) is 11.3. The van der Waals surface area contributed by atoms with E-state index < -0.39 is 0 Å². The third kappa shape index (κ3) is 4.59. The molecule has 2 aromatic carbocycles. The Balaban J connectivity index is 1.92. The summed E-state index contributed by atoms with van der Waals surface area (Å²) in [5.41, 5.74) is 4.41. The lowest BCUT2D eigenvalue weighted by atomic mass is 10.0. The molecule has 0 aromatic heterocycles. The van der Waals surface area contributed by atoms with Crippen molar-refractivity contribution in [2.24, 2.45) is 0 Å². The van der Waals surface area contributed by atoms with Crippen LogP contribution in [0.3, 0.4) is 0 Å². The minimum Gasteiger partial charge on any atom is -0.463 e. The minimum absolute atomic E-state index is 0.220. The number of esters is 1. The van der Waals surface area contributed by atoms with Crippen molar-refractivity contribution in [3.63, 3.8) is 0 Å². The van der Waals surface area contributed by atoms with E-state index in [-0.39, 0.29) is 5.97 Å². The molecule has 22 heavy (non-hydrogen) atoms. The van der Waals surface area contributed by atoms with Crippen molar-refractivity contribution in [2.75, 3.05) is 6.61 Å². The summed E-state index contributed by atoms with van der Waals surface area (Å²) in [6, 6.07) is 18.9. The Morgan fingerprint density at radius 1 is 1.00 bits per heavy atom. The number of ether oxygens (including phenoxy) is 1. The molecule has 0 radical (unpaired) electrons. The first-order valence-electron chi connectivity index (χ1n) is 7.69. The number of allylic oxidation sites excluding steroid dienone is 1. The van der Waals surface area contributed by atoms with Crippen LogP contribution in [0.2, 0.25) is 0 Å². The first-order chi connectivity index (χ1) is 10.7. The molecule has 0 heterocycles. The second-order valence-electron chi connectivity index (χ2n) is 5.21. The predicted molar refractivity (Wildman–Crippen MR) is 90.6 cm³/mol. The number of hydrogen-bond donors (Lipinski definition) is 0. The lowest BCUT2D eigenvalue weighted by Gasteiger charge is -2.04. The zero-order chi connectivity index (χ0) is 15.8. The third-order valence-electron chi connectivity index (χ3n) is 3.54. The second kappa shape index (κ2) is 8.18. The van der Waals surface area contributed by atoms with Crippen molar-refractivity contribution in [3.8, 4) is 11.1 Å². The van der Waals surface area contributed by atoms with E-state index in [2.05, 4.69) is 36.4 Å². The minimum atomic E-state index is -0.220. The van der Waals surface area contributed by atoms with Crippen LogP contribution in [-0.2, 0) is 16.0 Å². The maximum absolute atomic E-state index is 11.5. The molecule has 0 aliphatic heterocycles. The fourth-order valence-corrected chi connectivity index (χ4v) is 2.28. The Morgan fingerprint density at radius 3 is 2.27 bits per heavy atom. The number of aryl methyl sites for hydroxylation is 1. The molecule has 0 fully saturated rings. The fourth-order valence-electron chi connectivity index (χ4n) is 2.28. The van der Waals surface area contributed by atoms with Gasteiger partial charge in [0, 0.05) is 5.57 Å². The highest BCUT2D eigenvalue weighted by atomic mass is 16.5. The molecule has 2 nitrogen and oxygen atoms in total. The molecular formula is C20H22O2. The highest BCUT2D eigenvalue weighted by molar-refractivity contribution is 5.87. The fraction of sp³-hybridized carbons (Fsp3) is 0.250. The van der Waals surface area contributed by atoms with E-state index in [1.165, 1.54) is 16.7 Å². The van der Waals surface area contributed by atoms with Gasteiger partial charge >= 0.3 is 5.97 Å². The maximum Gasteiger partial charge on any atom is 0.333 e. The molecule has 0 amide bonds. The Labute approximate surface area is 132 Å². The van der Waals surface area contributed by atoms with Gasteiger partial charge in [0.15, 0.2) is 0 Å². The molecule has 0 atom stereocenters. The lowest BCUT2D eigenvalue weighted by molar-refractivity contribution is -0.138. The van der Waals surface area contributed by atoms with E-state index in [0.717, 1.165) is 12.8 Å². The summed E-state index contributed by atoms with van der Waals surface area (Å²) in [4.78, 5) is 11.5. The Hall–Kier alpha value is -2.35.